The third-order valence-corrected chi connectivity index (χ3v) is 6.15. The van der Waals surface area contributed by atoms with Crippen LogP contribution >= 0.6 is 0 Å². The second-order valence-corrected chi connectivity index (χ2v) is 7.97. The van der Waals surface area contributed by atoms with E-state index in [9.17, 15) is 23.3 Å². The summed E-state index contributed by atoms with van der Waals surface area (Å²) in [7, 11) is -4.21. The van der Waals surface area contributed by atoms with Crippen molar-refractivity contribution in [3.05, 3.63) is 63.7 Å². The topological polar surface area (TPSA) is 118 Å². The molecule has 2 rings (SSSR count). The molecule has 0 spiro atoms. The number of non-ortho nitro benzene ring substituents is 1. The zero-order chi connectivity index (χ0) is 20.9. The number of carboxylic acids is 1. The largest absolute Gasteiger partial charge is 0.481 e. The Kier molecular flexibility index (Phi) is 6.74. The number of nitrogens with zero attached hydrogens (tertiary/aromatic N) is 2. The first-order valence-corrected chi connectivity index (χ1v) is 10.3. The van der Waals surface area contributed by atoms with Crippen LogP contribution in [0.1, 0.15) is 31.4 Å². The molecule has 0 aromatic heterocycles. The van der Waals surface area contributed by atoms with Crippen molar-refractivity contribution in [3.8, 4) is 0 Å². The number of nitro groups is 1. The third kappa shape index (κ3) is 4.48. The van der Waals surface area contributed by atoms with E-state index in [-0.39, 0.29) is 17.1 Å². The Bertz CT molecular complexity index is 965. The van der Waals surface area contributed by atoms with Gasteiger partial charge in [0.1, 0.15) is 0 Å². The fraction of sp³-hybridized carbons (Fsp3) is 0.316. The molecule has 0 saturated heterocycles. The average molecular weight is 406 g/mol. The summed E-state index contributed by atoms with van der Waals surface area (Å²) in [6, 6.07) is 10.2. The minimum absolute atomic E-state index is 0.250. The van der Waals surface area contributed by atoms with Crippen molar-refractivity contribution in [2.24, 2.45) is 0 Å². The molecule has 8 nitrogen and oxygen atoms in total. The number of benzene rings is 2. The first-order chi connectivity index (χ1) is 13.2. The van der Waals surface area contributed by atoms with E-state index < -0.39 is 27.3 Å². The summed E-state index contributed by atoms with van der Waals surface area (Å²) >= 11 is 0. The van der Waals surface area contributed by atoms with Gasteiger partial charge in [-0.2, -0.15) is 0 Å². The summed E-state index contributed by atoms with van der Waals surface area (Å²) in [5.74, 6) is -1.13. The maximum Gasteiger partial charge on any atom is 0.305 e. The lowest BCUT2D eigenvalue weighted by atomic mass is 10.0. The quantitative estimate of drug-likeness (QED) is 0.504. The van der Waals surface area contributed by atoms with E-state index >= 15 is 0 Å². The van der Waals surface area contributed by atoms with Crippen LogP contribution in [-0.4, -0.2) is 31.0 Å². The number of para-hydroxylation sites is 1. The molecule has 28 heavy (non-hydrogen) atoms. The molecule has 0 atom stereocenters. The van der Waals surface area contributed by atoms with E-state index in [1.54, 1.807) is 12.1 Å². The molecular weight excluding hydrogens is 384 g/mol. The van der Waals surface area contributed by atoms with Gasteiger partial charge in [0.2, 0.25) is 0 Å². The van der Waals surface area contributed by atoms with Crippen LogP contribution in [0.5, 0.6) is 0 Å². The fourth-order valence-electron chi connectivity index (χ4n) is 2.97. The Morgan fingerprint density at radius 1 is 1.11 bits per heavy atom. The van der Waals surface area contributed by atoms with Gasteiger partial charge in [0.15, 0.2) is 0 Å². The highest BCUT2D eigenvalue weighted by atomic mass is 32.2. The zero-order valence-electron chi connectivity index (χ0n) is 15.7. The number of anilines is 1. The zero-order valence-corrected chi connectivity index (χ0v) is 16.5. The number of aryl methyl sites for hydroxylation is 2. The number of aliphatic carboxylic acids is 1. The van der Waals surface area contributed by atoms with Crippen molar-refractivity contribution in [3.63, 3.8) is 0 Å². The van der Waals surface area contributed by atoms with Crippen LogP contribution in [0, 0.1) is 10.1 Å². The van der Waals surface area contributed by atoms with Gasteiger partial charge in [-0.15, -0.1) is 0 Å². The second-order valence-electron chi connectivity index (χ2n) is 6.11. The Hall–Kier alpha value is -2.94. The molecule has 0 heterocycles. The molecule has 0 radical (unpaired) electrons. The minimum Gasteiger partial charge on any atom is -0.481 e. The Labute approximate surface area is 163 Å². The normalized spacial score (nSPS) is 11.2. The predicted molar refractivity (Wildman–Crippen MR) is 105 cm³/mol. The van der Waals surface area contributed by atoms with E-state index in [2.05, 4.69) is 0 Å². The molecule has 0 aliphatic carbocycles. The highest BCUT2D eigenvalue weighted by molar-refractivity contribution is 7.92. The van der Waals surface area contributed by atoms with Gasteiger partial charge in [0, 0.05) is 18.7 Å². The van der Waals surface area contributed by atoms with Crippen LogP contribution in [-0.2, 0) is 27.7 Å². The first-order valence-electron chi connectivity index (χ1n) is 8.82. The number of nitro benzene ring substituents is 1. The molecule has 0 bridgehead atoms. The van der Waals surface area contributed by atoms with Gasteiger partial charge >= 0.3 is 5.97 Å². The Morgan fingerprint density at radius 3 is 2.18 bits per heavy atom. The van der Waals surface area contributed by atoms with Gasteiger partial charge in [-0.05, 0) is 30.0 Å². The number of carbonyl (C=O) groups is 1. The van der Waals surface area contributed by atoms with Crippen molar-refractivity contribution in [2.45, 2.75) is 38.0 Å². The highest BCUT2D eigenvalue weighted by Gasteiger charge is 2.29. The van der Waals surface area contributed by atoms with Crippen molar-refractivity contribution >= 4 is 27.4 Å². The molecular formula is C19H22N2O6S. The van der Waals surface area contributed by atoms with E-state index in [4.69, 9.17) is 5.11 Å². The smallest absolute Gasteiger partial charge is 0.305 e. The van der Waals surface area contributed by atoms with Gasteiger partial charge in [-0.25, -0.2) is 8.42 Å². The monoisotopic (exact) mass is 406 g/mol. The van der Waals surface area contributed by atoms with Gasteiger partial charge in [0.25, 0.3) is 15.7 Å². The molecule has 2 aromatic carbocycles. The van der Waals surface area contributed by atoms with Gasteiger partial charge < -0.3 is 5.11 Å². The summed E-state index contributed by atoms with van der Waals surface area (Å²) in [5, 5.41) is 20.2. The van der Waals surface area contributed by atoms with Crippen LogP contribution < -0.4 is 4.31 Å². The van der Waals surface area contributed by atoms with Crippen LogP contribution in [0.3, 0.4) is 0 Å². The highest BCUT2D eigenvalue weighted by Crippen LogP contribution is 2.32. The van der Waals surface area contributed by atoms with Gasteiger partial charge in [-0.3, -0.25) is 19.2 Å². The maximum atomic E-state index is 13.4. The van der Waals surface area contributed by atoms with Crippen LogP contribution in [0.2, 0.25) is 0 Å². The van der Waals surface area contributed by atoms with Gasteiger partial charge in [-0.1, -0.05) is 38.1 Å². The molecule has 0 aliphatic rings. The minimum atomic E-state index is -4.21. The van der Waals surface area contributed by atoms with Gasteiger partial charge in [0.05, 0.1) is 21.9 Å². The fourth-order valence-corrected chi connectivity index (χ4v) is 4.55. The number of rotatable bonds is 9. The van der Waals surface area contributed by atoms with Crippen LogP contribution in [0.15, 0.2) is 47.4 Å². The Morgan fingerprint density at radius 2 is 1.68 bits per heavy atom. The molecule has 150 valence electrons. The van der Waals surface area contributed by atoms with Crippen molar-refractivity contribution in [1.82, 2.24) is 0 Å². The average Bonchev–Trinajstić information content (AvgIpc) is 2.67. The molecule has 0 saturated carbocycles. The van der Waals surface area contributed by atoms with E-state index in [1.165, 1.54) is 18.2 Å². The SMILES string of the molecule is CCc1cccc(CC)c1N(CCC(=O)O)S(=O)(=O)c1cccc([N+](=O)[O-])c1. The number of hydrogen-bond donors (Lipinski definition) is 1. The lowest BCUT2D eigenvalue weighted by Crippen LogP contribution is -2.34. The molecule has 1 N–H and O–H groups in total. The summed E-state index contributed by atoms with van der Waals surface area (Å²) in [5.41, 5.74) is 1.62. The van der Waals surface area contributed by atoms with Crippen molar-refractivity contribution < 1.29 is 23.2 Å². The second kappa shape index (κ2) is 8.83. The third-order valence-electron chi connectivity index (χ3n) is 4.36. The summed E-state index contributed by atoms with van der Waals surface area (Å²) in [6.07, 6.45) is 0.712. The van der Waals surface area contributed by atoms with Crippen LogP contribution in [0.4, 0.5) is 11.4 Å². The van der Waals surface area contributed by atoms with E-state index in [0.29, 0.717) is 18.5 Å². The summed E-state index contributed by atoms with van der Waals surface area (Å²) in [4.78, 5) is 21.3. The summed E-state index contributed by atoms with van der Waals surface area (Å²) < 4.78 is 27.8. The number of carboxylic acid groups (broad SMARTS) is 1. The van der Waals surface area contributed by atoms with Crippen molar-refractivity contribution in [1.29, 1.82) is 0 Å². The predicted octanol–water partition coefficient (Wildman–Crippen LogP) is 3.39. The lowest BCUT2D eigenvalue weighted by Gasteiger charge is -2.28. The van der Waals surface area contributed by atoms with E-state index in [1.807, 2.05) is 19.9 Å². The molecule has 9 heteroatoms. The molecule has 0 aliphatic heterocycles. The molecule has 0 fully saturated rings. The van der Waals surface area contributed by atoms with E-state index in [0.717, 1.165) is 21.5 Å². The Balaban J connectivity index is 2.69. The van der Waals surface area contributed by atoms with Crippen LogP contribution in [0.25, 0.3) is 0 Å². The number of sulfonamides is 1. The maximum absolute atomic E-state index is 13.4. The summed E-state index contributed by atoms with van der Waals surface area (Å²) in [6.45, 7) is 3.49. The molecule has 0 amide bonds. The first kappa shape index (κ1) is 21.4. The molecule has 2 aromatic rings. The molecule has 0 unspecified atom stereocenters. The lowest BCUT2D eigenvalue weighted by molar-refractivity contribution is -0.385. The van der Waals surface area contributed by atoms with Crippen molar-refractivity contribution in [2.75, 3.05) is 10.8 Å². The standard InChI is InChI=1S/C19H22N2O6S/c1-3-14-7-5-8-15(4-2)19(14)20(12-11-18(22)23)28(26,27)17-10-6-9-16(13-17)21(24)25/h5-10,13H,3-4,11-12H2,1-2H3,(H,22,23). The number of hydrogen-bond acceptors (Lipinski definition) is 5.